The van der Waals surface area contributed by atoms with Crippen LogP contribution in [-0.4, -0.2) is 9.91 Å². The highest BCUT2D eigenvalue weighted by atomic mass is 19.1. The largest absolute Gasteiger partial charge is 0.332 e. The van der Waals surface area contributed by atoms with Gasteiger partial charge in [-0.25, -0.2) is 9.37 Å². The first kappa shape index (κ1) is 11.0. The average Bonchev–Trinajstić information content (AvgIpc) is 2.32. The number of hydrogen-bond donors (Lipinski definition) is 1. The molecule has 0 saturated carbocycles. The lowest BCUT2D eigenvalue weighted by Crippen LogP contribution is -2.00. The van der Waals surface area contributed by atoms with Gasteiger partial charge < -0.3 is 5.32 Å². The highest BCUT2D eigenvalue weighted by Gasteiger charge is 2.14. The molecule has 0 atom stereocenters. The number of nitrogens with one attached hydrogen (secondary N) is 1. The average molecular weight is 233 g/mol. The Morgan fingerprint density at radius 1 is 1.24 bits per heavy atom. The molecule has 1 aromatic carbocycles. The maximum atomic E-state index is 13.3. The summed E-state index contributed by atoms with van der Waals surface area (Å²) in [6, 6.07) is 8.65. The molecular formula is C11H8FN3O2. The van der Waals surface area contributed by atoms with Crippen molar-refractivity contribution in [1.29, 1.82) is 0 Å². The number of anilines is 2. The second-order valence-corrected chi connectivity index (χ2v) is 3.23. The summed E-state index contributed by atoms with van der Waals surface area (Å²) in [6.45, 7) is 0. The van der Waals surface area contributed by atoms with E-state index < -0.39 is 10.7 Å². The van der Waals surface area contributed by atoms with Gasteiger partial charge >= 0.3 is 5.69 Å². The predicted octanol–water partition coefficient (Wildman–Crippen LogP) is 2.87. The molecule has 0 unspecified atom stereocenters. The minimum absolute atomic E-state index is 0.0163. The second kappa shape index (κ2) is 4.56. The molecule has 0 fully saturated rings. The Balaban J connectivity index is 2.37. The lowest BCUT2D eigenvalue weighted by molar-refractivity contribution is -0.384. The maximum absolute atomic E-state index is 13.3. The van der Waals surface area contributed by atoms with Crippen LogP contribution >= 0.6 is 0 Å². The molecule has 17 heavy (non-hydrogen) atoms. The van der Waals surface area contributed by atoms with E-state index in [1.54, 1.807) is 6.07 Å². The Bertz CT molecular complexity index is 560. The Kier molecular flexibility index (Phi) is 2.95. The van der Waals surface area contributed by atoms with Crippen LogP contribution in [0.25, 0.3) is 0 Å². The van der Waals surface area contributed by atoms with Crippen LogP contribution < -0.4 is 5.32 Å². The molecule has 0 aliphatic heterocycles. The number of aromatic nitrogens is 1. The van der Waals surface area contributed by atoms with E-state index in [9.17, 15) is 14.5 Å². The maximum Gasteiger partial charge on any atom is 0.311 e. The smallest absolute Gasteiger partial charge is 0.311 e. The summed E-state index contributed by atoms with van der Waals surface area (Å²) in [5, 5.41) is 13.3. The molecule has 1 heterocycles. The lowest BCUT2D eigenvalue weighted by Gasteiger charge is -2.06. The molecule has 1 aromatic heterocycles. The molecule has 0 spiro atoms. The quantitative estimate of drug-likeness (QED) is 0.653. The summed E-state index contributed by atoms with van der Waals surface area (Å²) in [5.74, 6) is -0.477. The zero-order chi connectivity index (χ0) is 12.3. The first-order valence-electron chi connectivity index (χ1n) is 4.79. The highest BCUT2D eigenvalue weighted by molar-refractivity contribution is 5.65. The molecular weight excluding hydrogens is 225 g/mol. The number of pyridine rings is 1. The number of halogens is 1. The standard InChI is InChI=1S/C11H8FN3O2/c12-8-4-1-2-5-9(8)14-11-10(15(16)17)6-3-7-13-11/h1-7H,(H,13,14). The summed E-state index contributed by atoms with van der Waals surface area (Å²) >= 11 is 0. The van der Waals surface area contributed by atoms with E-state index in [-0.39, 0.29) is 17.2 Å². The molecule has 6 heteroatoms. The minimum atomic E-state index is -0.573. The highest BCUT2D eigenvalue weighted by Crippen LogP contribution is 2.25. The van der Waals surface area contributed by atoms with E-state index in [1.807, 2.05) is 0 Å². The van der Waals surface area contributed by atoms with Crippen molar-refractivity contribution in [1.82, 2.24) is 4.98 Å². The first-order chi connectivity index (χ1) is 8.18. The third-order valence-electron chi connectivity index (χ3n) is 2.11. The number of benzene rings is 1. The van der Waals surface area contributed by atoms with Crippen molar-refractivity contribution >= 4 is 17.2 Å². The fourth-order valence-electron chi connectivity index (χ4n) is 1.33. The van der Waals surface area contributed by atoms with Gasteiger partial charge in [-0.1, -0.05) is 12.1 Å². The zero-order valence-corrected chi connectivity index (χ0v) is 8.63. The van der Waals surface area contributed by atoms with Crippen LogP contribution in [0.4, 0.5) is 21.6 Å². The van der Waals surface area contributed by atoms with Gasteiger partial charge in [0.1, 0.15) is 5.82 Å². The van der Waals surface area contributed by atoms with Gasteiger partial charge in [0.15, 0.2) is 0 Å². The van der Waals surface area contributed by atoms with Gasteiger partial charge in [0, 0.05) is 12.3 Å². The minimum Gasteiger partial charge on any atom is -0.332 e. The van der Waals surface area contributed by atoms with Gasteiger partial charge in [0.2, 0.25) is 5.82 Å². The number of para-hydroxylation sites is 1. The molecule has 86 valence electrons. The van der Waals surface area contributed by atoms with Crippen LogP contribution in [0.5, 0.6) is 0 Å². The van der Waals surface area contributed by atoms with E-state index in [0.29, 0.717) is 0 Å². The number of rotatable bonds is 3. The van der Waals surface area contributed by atoms with Crippen LogP contribution in [0, 0.1) is 15.9 Å². The fraction of sp³-hybridized carbons (Fsp3) is 0. The fourth-order valence-corrected chi connectivity index (χ4v) is 1.33. The molecule has 0 aliphatic carbocycles. The Labute approximate surface area is 96.1 Å². The third-order valence-corrected chi connectivity index (χ3v) is 2.11. The molecule has 2 aromatic rings. The Morgan fingerprint density at radius 2 is 2.00 bits per heavy atom. The third kappa shape index (κ3) is 2.36. The molecule has 0 bridgehead atoms. The van der Waals surface area contributed by atoms with E-state index >= 15 is 0 Å². The van der Waals surface area contributed by atoms with Gasteiger partial charge in [0.25, 0.3) is 0 Å². The lowest BCUT2D eigenvalue weighted by atomic mass is 10.3. The molecule has 2 rings (SSSR count). The number of nitro groups is 1. The van der Waals surface area contributed by atoms with Crippen LogP contribution in [0.15, 0.2) is 42.6 Å². The normalized spacial score (nSPS) is 9.94. The summed E-state index contributed by atoms with van der Waals surface area (Å²) < 4.78 is 13.3. The molecule has 0 aliphatic rings. The van der Waals surface area contributed by atoms with E-state index in [0.717, 1.165) is 0 Å². The number of hydrogen-bond acceptors (Lipinski definition) is 4. The summed E-state index contributed by atoms with van der Waals surface area (Å²) in [6.07, 6.45) is 1.40. The van der Waals surface area contributed by atoms with Crippen molar-refractivity contribution < 1.29 is 9.31 Å². The van der Waals surface area contributed by atoms with Gasteiger partial charge in [-0.3, -0.25) is 10.1 Å². The van der Waals surface area contributed by atoms with Gasteiger partial charge in [0.05, 0.1) is 10.6 Å². The summed E-state index contributed by atoms with van der Waals surface area (Å²) in [5.41, 5.74) is -0.0509. The molecule has 5 nitrogen and oxygen atoms in total. The Hall–Kier alpha value is -2.50. The molecule has 0 amide bonds. The van der Waals surface area contributed by atoms with Crippen LogP contribution in [-0.2, 0) is 0 Å². The van der Waals surface area contributed by atoms with Crippen molar-refractivity contribution in [2.75, 3.05) is 5.32 Å². The van der Waals surface area contributed by atoms with Crippen LogP contribution in [0.3, 0.4) is 0 Å². The van der Waals surface area contributed by atoms with Gasteiger partial charge in [-0.05, 0) is 18.2 Å². The second-order valence-electron chi connectivity index (χ2n) is 3.23. The van der Waals surface area contributed by atoms with E-state index in [2.05, 4.69) is 10.3 Å². The monoisotopic (exact) mass is 233 g/mol. The molecule has 0 radical (unpaired) electrons. The van der Waals surface area contributed by atoms with Crippen molar-refractivity contribution in [3.63, 3.8) is 0 Å². The Morgan fingerprint density at radius 3 is 2.71 bits per heavy atom. The predicted molar refractivity (Wildman–Crippen MR) is 60.6 cm³/mol. The first-order valence-corrected chi connectivity index (χ1v) is 4.79. The van der Waals surface area contributed by atoms with Gasteiger partial charge in [-0.2, -0.15) is 0 Å². The zero-order valence-electron chi connectivity index (χ0n) is 8.63. The van der Waals surface area contributed by atoms with Crippen molar-refractivity contribution in [3.05, 3.63) is 58.5 Å². The van der Waals surface area contributed by atoms with Gasteiger partial charge in [-0.15, -0.1) is 0 Å². The summed E-state index contributed by atoms with van der Waals surface area (Å²) in [4.78, 5) is 14.0. The summed E-state index contributed by atoms with van der Waals surface area (Å²) in [7, 11) is 0. The van der Waals surface area contributed by atoms with Crippen molar-refractivity contribution in [2.24, 2.45) is 0 Å². The topological polar surface area (TPSA) is 68.1 Å². The van der Waals surface area contributed by atoms with Crippen molar-refractivity contribution in [3.8, 4) is 0 Å². The molecule has 0 saturated heterocycles. The van der Waals surface area contributed by atoms with Crippen molar-refractivity contribution in [2.45, 2.75) is 0 Å². The van der Waals surface area contributed by atoms with E-state index in [4.69, 9.17) is 0 Å². The van der Waals surface area contributed by atoms with E-state index in [1.165, 1.54) is 36.5 Å². The van der Waals surface area contributed by atoms with Crippen LogP contribution in [0.2, 0.25) is 0 Å². The van der Waals surface area contributed by atoms with Crippen LogP contribution in [0.1, 0.15) is 0 Å². The number of nitrogens with zero attached hydrogens (tertiary/aromatic N) is 2. The SMILES string of the molecule is O=[N+]([O-])c1cccnc1Nc1ccccc1F. The molecule has 1 N–H and O–H groups in total.